The van der Waals surface area contributed by atoms with E-state index in [2.05, 4.69) is 46.4 Å². The van der Waals surface area contributed by atoms with E-state index in [9.17, 15) is 9.18 Å². The lowest BCUT2D eigenvalue weighted by Gasteiger charge is -2.32. The van der Waals surface area contributed by atoms with E-state index in [0.29, 0.717) is 18.2 Å². The summed E-state index contributed by atoms with van der Waals surface area (Å²) in [6.45, 7) is 5.76. The number of carbonyl (C=O) groups is 1. The minimum absolute atomic E-state index is 0.0397. The normalized spacial score (nSPS) is 16.4. The molecule has 1 fully saturated rings. The number of nitrogens with one attached hydrogen (secondary N) is 1. The Morgan fingerprint density at radius 2 is 1.77 bits per heavy atom. The summed E-state index contributed by atoms with van der Waals surface area (Å²) in [5.41, 5.74) is 3.60. The van der Waals surface area contributed by atoms with Crippen molar-refractivity contribution in [1.29, 1.82) is 0 Å². The minimum Gasteiger partial charge on any atom is -0.354 e. The number of rotatable bonds is 5. The van der Waals surface area contributed by atoms with E-state index in [0.717, 1.165) is 36.5 Å². The van der Waals surface area contributed by atoms with Gasteiger partial charge in [0.15, 0.2) is 5.82 Å². The highest BCUT2D eigenvalue weighted by Gasteiger charge is 2.27. The third-order valence-corrected chi connectivity index (χ3v) is 5.75. The number of hydrogen-bond donors (Lipinski definition) is 1. The van der Waals surface area contributed by atoms with Crippen LogP contribution in [0.1, 0.15) is 38.2 Å². The molecule has 1 N–H and O–H groups in total. The van der Waals surface area contributed by atoms with Crippen molar-refractivity contribution in [3.63, 3.8) is 0 Å². The van der Waals surface area contributed by atoms with E-state index < -0.39 is 0 Å². The van der Waals surface area contributed by atoms with Crippen LogP contribution >= 0.6 is 0 Å². The van der Waals surface area contributed by atoms with Crippen LogP contribution in [0.5, 0.6) is 0 Å². The Hall–Kier alpha value is -3.28. The number of nitrogens with zero attached hydrogens (tertiary/aromatic N) is 3. The Bertz CT molecular complexity index is 1020. The van der Waals surface area contributed by atoms with Crippen molar-refractivity contribution >= 4 is 17.4 Å². The van der Waals surface area contributed by atoms with Crippen LogP contribution in [0.3, 0.4) is 0 Å². The zero-order valence-electron chi connectivity index (χ0n) is 17.9. The molecule has 0 spiro atoms. The zero-order valence-corrected chi connectivity index (χ0v) is 17.9. The molecular formula is C25H27FN4O. The van der Waals surface area contributed by atoms with Gasteiger partial charge in [0.1, 0.15) is 5.82 Å². The maximum atomic E-state index is 13.1. The first-order valence-corrected chi connectivity index (χ1v) is 10.7. The number of piperidine rings is 1. The van der Waals surface area contributed by atoms with Crippen LogP contribution in [0.25, 0.3) is 11.3 Å². The highest BCUT2D eigenvalue weighted by molar-refractivity contribution is 5.93. The third kappa shape index (κ3) is 5.08. The molecule has 4 rings (SSSR count). The molecule has 1 aliphatic heterocycles. The van der Waals surface area contributed by atoms with Gasteiger partial charge in [0.2, 0.25) is 5.91 Å². The molecule has 1 amide bonds. The number of aromatic nitrogens is 2. The average molecular weight is 419 g/mol. The molecule has 1 atom stereocenters. The Kier molecular flexibility index (Phi) is 6.26. The second-order valence-corrected chi connectivity index (χ2v) is 8.33. The monoisotopic (exact) mass is 418 g/mol. The second kappa shape index (κ2) is 9.25. The molecule has 2 heterocycles. The molecule has 160 valence electrons. The van der Waals surface area contributed by atoms with Crippen molar-refractivity contribution in [3.05, 3.63) is 72.0 Å². The summed E-state index contributed by atoms with van der Waals surface area (Å²) in [4.78, 5) is 14.9. The molecule has 1 aliphatic rings. The standard InChI is InChI=1S/C25H27FN4O/c1-17(2)18-7-11-22(12-8-18)27-25(31)20-4-3-15-30(16-20)24-14-13-23(28-29-24)19-5-9-21(26)10-6-19/h5-14,17,20H,3-4,15-16H2,1-2H3,(H,27,31). The summed E-state index contributed by atoms with van der Waals surface area (Å²) in [6.07, 6.45) is 1.78. The highest BCUT2D eigenvalue weighted by atomic mass is 19.1. The largest absolute Gasteiger partial charge is 0.354 e. The molecule has 5 nitrogen and oxygen atoms in total. The van der Waals surface area contributed by atoms with Crippen LogP contribution in [0.15, 0.2) is 60.7 Å². The van der Waals surface area contributed by atoms with E-state index in [1.807, 2.05) is 24.3 Å². The number of carbonyl (C=O) groups excluding carboxylic acids is 1. The van der Waals surface area contributed by atoms with Crippen molar-refractivity contribution in [2.24, 2.45) is 5.92 Å². The first-order chi connectivity index (χ1) is 15.0. The number of benzene rings is 2. The molecule has 1 unspecified atom stereocenters. The lowest BCUT2D eigenvalue weighted by molar-refractivity contribution is -0.120. The van der Waals surface area contributed by atoms with Gasteiger partial charge >= 0.3 is 0 Å². The summed E-state index contributed by atoms with van der Waals surface area (Å²) < 4.78 is 13.1. The maximum Gasteiger partial charge on any atom is 0.229 e. The van der Waals surface area contributed by atoms with Crippen LogP contribution in [0.4, 0.5) is 15.9 Å². The molecule has 0 radical (unpaired) electrons. The van der Waals surface area contributed by atoms with Crippen molar-refractivity contribution in [1.82, 2.24) is 10.2 Å². The number of hydrogen-bond acceptors (Lipinski definition) is 4. The van der Waals surface area contributed by atoms with Gasteiger partial charge in [-0.3, -0.25) is 4.79 Å². The summed E-state index contributed by atoms with van der Waals surface area (Å²) in [7, 11) is 0. The van der Waals surface area contributed by atoms with E-state index in [1.165, 1.54) is 17.7 Å². The van der Waals surface area contributed by atoms with E-state index in [-0.39, 0.29) is 17.6 Å². The molecule has 3 aromatic rings. The minimum atomic E-state index is -0.276. The van der Waals surface area contributed by atoms with E-state index >= 15 is 0 Å². The van der Waals surface area contributed by atoms with Crippen LogP contribution in [-0.2, 0) is 4.79 Å². The highest BCUT2D eigenvalue weighted by Crippen LogP contribution is 2.25. The van der Waals surface area contributed by atoms with E-state index in [1.54, 1.807) is 12.1 Å². The summed E-state index contributed by atoms with van der Waals surface area (Å²) in [5, 5.41) is 11.7. The van der Waals surface area contributed by atoms with Gasteiger partial charge in [-0.1, -0.05) is 26.0 Å². The van der Waals surface area contributed by atoms with Gasteiger partial charge in [-0.05, 0) is 72.9 Å². The SMILES string of the molecule is CC(C)c1ccc(NC(=O)C2CCCN(c3ccc(-c4ccc(F)cc4)nn3)C2)cc1. The van der Waals surface area contributed by atoms with Gasteiger partial charge in [0, 0.05) is 24.3 Å². The lowest BCUT2D eigenvalue weighted by Crippen LogP contribution is -2.41. The van der Waals surface area contributed by atoms with Gasteiger partial charge in [0.05, 0.1) is 11.6 Å². The Morgan fingerprint density at radius 3 is 2.42 bits per heavy atom. The molecule has 0 saturated carbocycles. The van der Waals surface area contributed by atoms with Gasteiger partial charge in [-0.2, -0.15) is 0 Å². The van der Waals surface area contributed by atoms with Crippen LogP contribution in [0.2, 0.25) is 0 Å². The topological polar surface area (TPSA) is 58.1 Å². The third-order valence-electron chi connectivity index (χ3n) is 5.75. The van der Waals surface area contributed by atoms with E-state index in [4.69, 9.17) is 0 Å². The summed E-state index contributed by atoms with van der Waals surface area (Å²) in [6, 6.07) is 18.1. The molecule has 1 saturated heterocycles. The first-order valence-electron chi connectivity index (χ1n) is 10.7. The summed E-state index contributed by atoms with van der Waals surface area (Å²) in [5.74, 6) is 0.883. The van der Waals surface area contributed by atoms with Crippen LogP contribution in [0, 0.1) is 11.7 Å². The van der Waals surface area contributed by atoms with Crippen molar-refractivity contribution in [2.45, 2.75) is 32.6 Å². The molecule has 0 aliphatic carbocycles. The maximum absolute atomic E-state index is 13.1. The molecule has 1 aromatic heterocycles. The Balaban J connectivity index is 1.39. The average Bonchev–Trinajstić information content (AvgIpc) is 2.80. The van der Waals surface area contributed by atoms with Crippen molar-refractivity contribution in [3.8, 4) is 11.3 Å². The lowest BCUT2D eigenvalue weighted by atomic mass is 9.96. The van der Waals surface area contributed by atoms with Crippen molar-refractivity contribution < 1.29 is 9.18 Å². The number of anilines is 2. The van der Waals surface area contributed by atoms with Gasteiger partial charge < -0.3 is 10.2 Å². The number of amides is 1. The summed E-state index contributed by atoms with van der Waals surface area (Å²) >= 11 is 0. The smallest absolute Gasteiger partial charge is 0.229 e. The van der Waals surface area contributed by atoms with Crippen LogP contribution in [-0.4, -0.2) is 29.2 Å². The molecule has 31 heavy (non-hydrogen) atoms. The molecule has 6 heteroatoms. The first kappa shape index (κ1) is 21.0. The van der Waals surface area contributed by atoms with Gasteiger partial charge in [-0.25, -0.2) is 4.39 Å². The van der Waals surface area contributed by atoms with Gasteiger partial charge in [-0.15, -0.1) is 10.2 Å². The fraction of sp³-hybridized carbons (Fsp3) is 0.320. The Morgan fingerprint density at radius 1 is 1.03 bits per heavy atom. The predicted octanol–water partition coefficient (Wildman–Crippen LogP) is 5.26. The molecular weight excluding hydrogens is 391 g/mol. The second-order valence-electron chi connectivity index (χ2n) is 8.33. The zero-order chi connectivity index (χ0) is 21.8. The molecule has 0 bridgehead atoms. The fourth-order valence-corrected chi connectivity index (χ4v) is 3.86. The van der Waals surface area contributed by atoms with Gasteiger partial charge in [0.25, 0.3) is 0 Å². The quantitative estimate of drug-likeness (QED) is 0.614. The Labute approximate surface area is 182 Å². The molecule has 2 aromatic carbocycles. The number of halogens is 1. The predicted molar refractivity (Wildman–Crippen MR) is 122 cm³/mol. The van der Waals surface area contributed by atoms with Crippen LogP contribution < -0.4 is 10.2 Å². The fourth-order valence-electron chi connectivity index (χ4n) is 3.86. The van der Waals surface area contributed by atoms with Crippen molar-refractivity contribution in [2.75, 3.05) is 23.3 Å².